The lowest BCUT2D eigenvalue weighted by atomic mass is 10.2. The predicted molar refractivity (Wildman–Crippen MR) is 88.6 cm³/mol. The highest BCUT2D eigenvalue weighted by Crippen LogP contribution is 2.19. The second kappa shape index (κ2) is 8.85. The van der Waals surface area contributed by atoms with Crippen LogP contribution in [0, 0.1) is 0 Å². The molecule has 0 saturated heterocycles. The van der Waals surface area contributed by atoms with Gasteiger partial charge in [0, 0.05) is 29.7 Å². The van der Waals surface area contributed by atoms with E-state index in [0.717, 1.165) is 37.5 Å². The van der Waals surface area contributed by atoms with Gasteiger partial charge < -0.3 is 5.32 Å². The molecule has 0 saturated carbocycles. The molecule has 21 heavy (non-hydrogen) atoms. The summed E-state index contributed by atoms with van der Waals surface area (Å²) in [5, 5.41) is 7.88. The van der Waals surface area contributed by atoms with E-state index in [2.05, 4.69) is 59.6 Å². The van der Waals surface area contributed by atoms with Gasteiger partial charge in [-0.3, -0.25) is 4.68 Å². The van der Waals surface area contributed by atoms with Crippen molar-refractivity contribution in [3.8, 4) is 0 Å². The van der Waals surface area contributed by atoms with Crippen LogP contribution in [-0.4, -0.2) is 33.1 Å². The monoisotopic (exact) mass is 304 g/mol. The van der Waals surface area contributed by atoms with Gasteiger partial charge in [-0.05, 0) is 32.0 Å². The van der Waals surface area contributed by atoms with Crippen molar-refractivity contribution in [2.24, 2.45) is 0 Å². The van der Waals surface area contributed by atoms with Crippen LogP contribution in [0.4, 0.5) is 0 Å². The van der Waals surface area contributed by atoms with E-state index in [4.69, 9.17) is 0 Å². The Morgan fingerprint density at radius 1 is 1.24 bits per heavy atom. The maximum atomic E-state index is 4.39. The summed E-state index contributed by atoms with van der Waals surface area (Å²) in [5.41, 5.74) is 0. The van der Waals surface area contributed by atoms with Crippen LogP contribution in [-0.2, 0) is 13.0 Å². The quantitative estimate of drug-likeness (QED) is 0.723. The van der Waals surface area contributed by atoms with Gasteiger partial charge in [-0.25, -0.2) is 4.98 Å². The Hall–Kier alpha value is -1.33. The zero-order valence-corrected chi connectivity index (χ0v) is 13.6. The van der Waals surface area contributed by atoms with Crippen LogP contribution in [0.25, 0.3) is 0 Å². The minimum Gasteiger partial charge on any atom is -0.313 e. The Morgan fingerprint density at radius 2 is 2.05 bits per heavy atom. The molecule has 0 bridgehead atoms. The highest BCUT2D eigenvalue weighted by Gasteiger charge is 2.13. The standard InChI is InChI=1S/C16H24N4S/c1-3-10-17-14(11-16-18-13-19-20(16)4-2)12-21-15-8-6-5-7-9-15/h5-9,13-14,17H,3-4,10-12H2,1-2H3. The van der Waals surface area contributed by atoms with E-state index < -0.39 is 0 Å². The van der Waals surface area contributed by atoms with Crippen LogP contribution in [0.3, 0.4) is 0 Å². The second-order valence-electron chi connectivity index (χ2n) is 4.97. The smallest absolute Gasteiger partial charge is 0.138 e. The lowest BCUT2D eigenvalue weighted by molar-refractivity contribution is 0.514. The van der Waals surface area contributed by atoms with Crippen LogP contribution < -0.4 is 5.32 Å². The van der Waals surface area contributed by atoms with E-state index in [1.807, 2.05) is 16.4 Å². The number of aromatic nitrogens is 3. The van der Waals surface area contributed by atoms with Crippen molar-refractivity contribution in [2.45, 2.75) is 44.2 Å². The molecule has 114 valence electrons. The highest BCUT2D eigenvalue weighted by atomic mass is 32.2. The molecule has 0 amide bonds. The molecule has 0 aliphatic carbocycles. The van der Waals surface area contributed by atoms with Gasteiger partial charge in [0.2, 0.25) is 0 Å². The first kappa shape index (κ1) is 16.0. The SMILES string of the molecule is CCCNC(CSc1ccccc1)Cc1ncnn1CC. The molecule has 5 heteroatoms. The van der Waals surface area contributed by atoms with Crippen LogP contribution >= 0.6 is 11.8 Å². The van der Waals surface area contributed by atoms with E-state index in [0.29, 0.717) is 6.04 Å². The molecular weight excluding hydrogens is 280 g/mol. The van der Waals surface area contributed by atoms with Crippen LogP contribution in [0.15, 0.2) is 41.6 Å². The molecule has 0 aliphatic rings. The van der Waals surface area contributed by atoms with Crippen LogP contribution in [0.5, 0.6) is 0 Å². The molecule has 1 unspecified atom stereocenters. The fourth-order valence-corrected chi connectivity index (χ4v) is 3.16. The zero-order valence-electron chi connectivity index (χ0n) is 12.8. The van der Waals surface area contributed by atoms with E-state index >= 15 is 0 Å². The van der Waals surface area contributed by atoms with Gasteiger partial charge >= 0.3 is 0 Å². The van der Waals surface area contributed by atoms with Crippen molar-refractivity contribution in [3.63, 3.8) is 0 Å². The Balaban J connectivity index is 1.94. The molecule has 1 aromatic heterocycles. The molecule has 4 nitrogen and oxygen atoms in total. The minimum atomic E-state index is 0.421. The number of nitrogens with one attached hydrogen (secondary N) is 1. The Kier molecular flexibility index (Phi) is 6.76. The van der Waals surface area contributed by atoms with Crippen molar-refractivity contribution in [2.75, 3.05) is 12.3 Å². The average molecular weight is 304 g/mol. The van der Waals surface area contributed by atoms with Gasteiger partial charge in [0.1, 0.15) is 12.2 Å². The van der Waals surface area contributed by atoms with Gasteiger partial charge in [0.05, 0.1) is 0 Å². The third kappa shape index (κ3) is 5.17. The molecule has 0 spiro atoms. The van der Waals surface area contributed by atoms with Crippen LogP contribution in [0.2, 0.25) is 0 Å². The van der Waals surface area contributed by atoms with E-state index in [-0.39, 0.29) is 0 Å². The van der Waals surface area contributed by atoms with Crippen molar-refractivity contribution in [3.05, 3.63) is 42.5 Å². The molecule has 2 aromatic rings. The molecular formula is C16H24N4S. The maximum Gasteiger partial charge on any atom is 0.138 e. The minimum absolute atomic E-state index is 0.421. The third-order valence-corrected chi connectivity index (χ3v) is 4.48. The van der Waals surface area contributed by atoms with E-state index in [1.54, 1.807) is 6.33 Å². The number of thioether (sulfide) groups is 1. The summed E-state index contributed by atoms with van der Waals surface area (Å²) in [6, 6.07) is 11.0. The Bertz CT molecular complexity index is 512. The summed E-state index contributed by atoms with van der Waals surface area (Å²) in [6.07, 6.45) is 3.72. The van der Waals surface area contributed by atoms with Crippen molar-refractivity contribution >= 4 is 11.8 Å². The molecule has 1 heterocycles. The highest BCUT2D eigenvalue weighted by molar-refractivity contribution is 7.99. The zero-order chi connectivity index (χ0) is 14.9. The number of nitrogens with zero attached hydrogens (tertiary/aromatic N) is 3. The predicted octanol–water partition coefficient (Wildman–Crippen LogP) is 3.00. The molecule has 1 N–H and O–H groups in total. The molecule has 2 rings (SSSR count). The van der Waals surface area contributed by atoms with Crippen LogP contribution in [0.1, 0.15) is 26.1 Å². The van der Waals surface area contributed by atoms with Gasteiger partial charge in [-0.1, -0.05) is 25.1 Å². The van der Waals surface area contributed by atoms with Gasteiger partial charge in [0.15, 0.2) is 0 Å². The van der Waals surface area contributed by atoms with Gasteiger partial charge in [-0.15, -0.1) is 11.8 Å². The lowest BCUT2D eigenvalue weighted by Crippen LogP contribution is -2.35. The number of benzene rings is 1. The first-order valence-corrected chi connectivity index (χ1v) is 8.60. The fraction of sp³-hybridized carbons (Fsp3) is 0.500. The number of rotatable bonds is 9. The van der Waals surface area contributed by atoms with Gasteiger partial charge in [-0.2, -0.15) is 5.10 Å². The van der Waals surface area contributed by atoms with Crippen molar-refractivity contribution in [1.82, 2.24) is 20.1 Å². The third-order valence-electron chi connectivity index (χ3n) is 3.30. The Morgan fingerprint density at radius 3 is 2.76 bits per heavy atom. The second-order valence-corrected chi connectivity index (χ2v) is 6.06. The summed E-state index contributed by atoms with van der Waals surface area (Å²) < 4.78 is 1.98. The maximum absolute atomic E-state index is 4.39. The lowest BCUT2D eigenvalue weighted by Gasteiger charge is -2.18. The summed E-state index contributed by atoms with van der Waals surface area (Å²) in [5.74, 6) is 2.11. The largest absolute Gasteiger partial charge is 0.313 e. The van der Waals surface area contributed by atoms with Gasteiger partial charge in [0.25, 0.3) is 0 Å². The van der Waals surface area contributed by atoms with E-state index in [9.17, 15) is 0 Å². The molecule has 0 radical (unpaired) electrons. The number of aryl methyl sites for hydroxylation is 1. The molecule has 0 fully saturated rings. The Labute approximate surface area is 131 Å². The first-order chi connectivity index (χ1) is 10.3. The van der Waals surface area contributed by atoms with E-state index in [1.165, 1.54) is 4.90 Å². The van der Waals surface area contributed by atoms with Crippen molar-refractivity contribution < 1.29 is 0 Å². The summed E-state index contributed by atoms with van der Waals surface area (Å²) in [6.45, 7) is 6.22. The summed E-state index contributed by atoms with van der Waals surface area (Å²) in [4.78, 5) is 5.71. The topological polar surface area (TPSA) is 42.7 Å². The molecule has 0 aliphatic heterocycles. The summed E-state index contributed by atoms with van der Waals surface area (Å²) >= 11 is 1.89. The number of hydrogen-bond acceptors (Lipinski definition) is 4. The van der Waals surface area contributed by atoms with Crippen molar-refractivity contribution in [1.29, 1.82) is 0 Å². The first-order valence-electron chi connectivity index (χ1n) is 7.61. The fourth-order valence-electron chi connectivity index (χ4n) is 2.18. The molecule has 1 atom stereocenters. The summed E-state index contributed by atoms with van der Waals surface area (Å²) in [7, 11) is 0. The number of hydrogen-bond donors (Lipinski definition) is 1. The normalized spacial score (nSPS) is 12.5. The molecule has 1 aromatic carbocycles. The average Bonchev–Trinajstić information content (AvgIpc) is 2.98.